The maximum Gasteiger partial charge on any atom is 0.416 e. The summed E-state index contributed by atoms with van der Waals surface area (Å²) >= 11 is 3.23. The Hall–Kier alpha value is -0.370. The van der Waals surface area contributed by atoms with Gasteiger partial charge in [0.1, 0.15) is 6.67 Å². The lowest BCUT2D eigenvalue weighted by Gasteiger charge is -2.34. The number of nitrogens with one attached hydrogen (secondary N) is 1. The number of piperazine rings is 1. The van der Waals surface area contributed by atoms with Crippen molar-refractivity contribution in [3.05, 3.63) is 33.8 Å². The standard InChI is InChI=1S/C13H15BrF4N2.ClH/c14-11-2-1-9(13(16,17)18)7-10(11)12(8-15)20-5-3-19-4-6-20;/h1-2,7,12,19H,3-6,8H2;1H/t12-;/m0./s1. The molecule has 0 bridgehead atoms. The van der Waals surface area contributed by atoms with E-state index in [2.05, 4.69) is 21.2 Å². The van der Waals surface area contributed by atoms with Crippen LogP contribution in [0.15, 0.2) is 22.7 Å². The van der Waals surface area contributed by atoms with Crippen molar-refractivity contribution in [2.24, 2.45) is 0 Å². The third kappa shape index (κ3) is 4.55. The predicted octanol–water partition coefficient (Wildman–Crippen LogP) is 3.81. The van der Waals surface area contributed by atoms with Gasteiger partial charge < -0.3 is 5.32 Å². The van der Waals surface area contributed by atoms with E-state index in [9.17, 15) is 17.6 Å². The van der Waals surface area contributed by atoms with E-state index in [1.165, 1.54) is 6.07 Å². The Balaban J connectivity index is 0.00000220. The molecule has 1 heterocycles. The van der Waals surface area contributed by atoms with Crippen LogP contribution in [0.3, 0.4) is 0 Å². The van der Waals surface area contributed by atoms with Gasteiger partial charge in [0.25, 0.3) is 0 Å². The molecule has 2 nitrogen and oxygen atoms in total. The Morgan fingerprint density at radius 2 is 1.86 bits per heavy atom. The highest BCUT2D eigenvalue weighted by atomic mass is 79.9. The van der Waals surface area contributed by atoms with Crippen LogP contribution in [0.25, 0.3) is 0 Å². The largest absolute Gasteiger partial charge is 0.416 e. The maximum atomic E-state index is 13.4. The normalized spacial score (nSPS) is 18.1. The van der Waals surface area contributed by atoms with Crippen molar-refractivity contribution in [3.8, 4) is 0 Å². The van der Waals surface area contributed by atoms with Crippen LogP contribution < -0.4 is 5.32 Å². The number of hydrogen-bond acceptors (Lipinski definition) is 2. The highest BCUT2D eigenvalue weighted by molar-refractivity contribution is 9.10. The van der Waals surface area contributed by atoms with Crippen LogP contribution in [0, 0.1) is 0 Å². The first-order valence-electron chi connectivity index (χ1n) is 6.31. The van der Waals surface area contributed by atoms with Gasteiger partial charge in [-0.25, -0.2) is 4.39 Å². The molecule has 0 saturated carbocycles. The molecule has 0 radical (unpaired) electrons. The minimum absolute atomic E-state index is 0. The molecule has 1 saturated heterocycles. The summed E-state index contributed by atoms with van der Waals surface area (Å²) in [5, 5.41) is 3.14. The van der Waals surface area contributed by atoms with E-state index >= 15 is 0 Å². The zero-order valence-electron chi connectivity index (χ0n) is 11.1. The van der Waals surface area contributed by atoms with Gasteiger partial charge in [0, 0.05) is 30.7 Å². The second kappa shape index (κ2) is 7.76. The van der Waals surface area contributed by atoms with Gasteiger partial charge in [-0.2, -0.15) is 13.2 Å². The molecule has 1 fully saturated rings. The van der Waals surface area contributed by atoms with Gasteiger partial charge in [-0.15, -0.1) is 12.4 Å². The monoisotopic (exact) mass is 390 g/mol. The highest BCUT2D eigenvalue weighted by Gasteiger charge is 2.32. The van der Waals surface area contributed by atoms with Crippen LogP contribution in [-0.2, 0) is 6.18 Å². The third-order valence-corrected chi connectivity index (χ3v) is 4.14. The maximum absolute atomic E-state index is 13.4. The average Bonchev–Trinajstić information content (AvgIpc) is 2.41. The fourth-order valence-corrected chi connectivity index (χ4v) is 2.86. The Labute approximate surface area is 135 Å². The molecule has 0 spiro atoms. The average molecular weight is 392 g/mol. The number of benzene rings is 1. The molecule has 0 unspecified atom stereocenters. The quantitative estimate of drug-likeness (QED) is 0.789. The summed E-state index contributed by atoms with van der Waals surface area (Å²) in [5.74, 6) is 0. The van der Waals surface area contributed by atoms with E-state index in [0.29, 0.717) is 36.2 Å². The fourth-order valence-electron chi connectivity index (χ4n) is 2.35. The van der Waals surface area contributed by atoms with E-state index in [4.69, 9.17) is 0 Å². The molecule has 8 heteroatoms. The summed E-state index contributed by atoms with van der Waals surface area (Å²) in [6, 6.07) is 2.73. The lowest BCUT2D eigenvalue weighted by atomic mass is 10.0. The topological polar surface area (TPSA) is 15.3 Å². The van der Waals surface area contributed by atoms with Crippen LogP contribution in [-0.4, -0.2) is 37.8 Å². The van der Waals surface area contributed by atoms with Crippen LogP contribution in [0.2, 0.25) is 0 Å². The van der Waals surface area contributed by atoms with E-state index in [1.54, 1.807) is 0 Å². The van der Waals surface area contributed by atoms with Crippen molar-refractivity contribution in [2.45, 2.75) is 12.2 Å². The molecular weight excluding hydrogens is 376 g/mol. The third-order valence-electron chi connectivity index (χ3n) is 3.42. The number of hydrogen-bond donors (Lipinski definition) is 1. The molecule has 0 aliphatic carbocycles. The second-order valence-electron chi connectivity index (χ2n) is 4.69. The zero-order chi connectivity index (χ0) is 14.8. The number of halogens is 6. The summed E-state index contributed by atoms with van der Waals surface area (Å²) in [4.78, 5) is 1.87. The smallest absolute Gasteiger partial charge is 0.314 e. The number of alkyl halides is 4. The summed E-state index contributed by atoms with van der Waals surface area (Å²) in [7, 11) is 0. The summed E-state index contributed by atoms with van der Waals surface area (Å²) in [6.07, 6.45) is -4.42. The van der Waals surface area contributed by atoms with E-state index in [1.807, 2.05) is 4.90 Å². The van der Waals surface area contributed by atoms with E-state index < -0.39 is 24.5 Å². The molecule has 120 valence electrons. The van der Waals surface area contributed by atoms with Crippen LogP contribution in [0.1, 0.15) is 17.2 Å². The number of rotatable bonds is 3. The first-order chi connectivity index (χ1) is 9.43. The van der Waals surface area contributed by atoms with Gasteiger partial charge in [0.05, 0.1) is 11.6 Å². The molecule has 1 aliphatic heterocycles. The van der Waals surface area contributed by atoms with Gasteiger partial charge in [0.15, 0.2) is 0 Å². The van der Waals surface area contributed by atoms with Gasteiger partial charge >= 0.3 is 6.18 Å². The lowest BCUT2D eigenvalue weighted by Crippen LogP contribution is -2.45. The lowest BCUT2D eigenvalue weighted by molar-refractivity contribution is -0.137. The van der Waals surface area contributed by atoms with Crippen LogP contribution >= 0.6 is 28.3 Å². The van der Waals surface area contributed by atoms with Crippen LogP contribution in [0.5, 0.6) is 0 Å². The van der Waals surface area contributed by atoms with E-state index in [-0.39, 0.29) is 12.4 Å². The van der Waals surface area contributed by atoms with Crippen molar-refractivity contribution in [2.75, 3.05) is 32.9 Å². The first-order valence-corrected chi connectivity index (χ1v) is 7.10. The molecule has 0 aromatic heterocycles. The van der Waals surface area contributed by atoms with Crippen molar-refractivity contribution in [1.29, 1.82) is 0 Å². The molecule has 0 amide bonds. The van der Waals surface area contributed by atoms with Gasteiger partial charge in [-0.1, -0.05) is 15.9 Å². The Kier molecular flexibility index (Phi) is 6.90. The van der Waals surface area contributed by atoms with Gasteiger partial charge in [-0.05, 0) is 23.8 Å². The number of nitrogens with zero attached hydrogens (tertiary/aromatic N) is 1. The highest BCUT2D eigenvalue weighted by Crippen LogP contribution is 2.35. The van der Waals surface area contributed by atoms with Crippen LogP contribution in [0.4, 0.5) is 17.6 Å². The Bertz CT molecular complexity index is 464. The molecule has 1 N–H and O–H groups in total. The van der Waals surface area contributed by atoms with Crippen molar-refractivity contribution in [3.63, 3.8) is 0 Å². The Morgan fingerprint density at radius 1 is 1.24 bits per heavy atom. The Morgan fingerprint density at radius 3 is 2.38 bits per heavy atom. The summed E-state index contributed by atoms with van der Waals surface area (Å²) in [5.41, 5.74) is -0.395. The molecule has 2 rings (SSSR count). The molecule has 1 aromatic rings. The predicted molar refractivity (Wildman–Crippen MR) is 79.6 cm³/mol. The molecule has 1 aliphatic rings. The van der Waals surface area contributed by atoms with Crippen molar-refractivity contribution < 1.29 is 17.6 Å². The fraction of sp³-hybridized carbons (Fsp3) is 0.538. The van der Waals surface area contributed by atoms with Gasteiger partial charge in [0.2, 0.25) is 0 Å². The zero-order valence-corrected chi connectivity index (χ0v) is 13.5. The van der Waals surface area contributed by atoms with E-state index in [0.717, 1.165) is 12.1 Å². The molecule has 21 heavy (non-hydrogen) atoms. The summed E-state index contributed by atoms with van der Waals surface area (Å²) < 4.78 is 52.2. The van der Waals surface area contributed by atoms with Crippen molar-refractivity contribution in [1.82, 2.24) is 10.2 Å². The first kappa shape index (κ1) is 18.7. The molecular formula is C13H16BrClF4N2. The summed E-state index contributed by atoms with van der Waals surface area (Å²) in [6.45, 7) is 1.97. The van der Waals surface area contributed by atoms with Gasteiger partial charge in [-0.3, -0.25) is 4.90 Å². The van der Waals surface area contributed by atoms with Crippen molar-refractivity contribution >= 4 is 28.3 Å². The molecule has 1 atom stereocenters. The minimum Gasteiger partial charge on any atom is -0.314 e. The molecule has 1 aromatic carbocycles. The SMILES string of the molecule is Cl.FC[C@@H](c1cc(C(F)(F)F)ccc1Br)N1CCNCC1. The minimum atomic E-state index is -4.42. The second-order valence-corrected chi connectivity index (χ2v) is 5.54.